The van der Waals surface area contributed by atoms with Gasteiger partial charge in [0.25, 0.3) is 0 Å². The van der Waals surface area contributed by atoms with Crippen LogP contribution in [0.15, 0.2) is 24.3 Å². The highest BCUT2D eigenvalue weighted by Gasteiger charge is 2.52. The first-order valence-corrected chi connectivity index (χ1v) is 8.95. The largest absolute Gasteiger partial charge is 0.370 e. The SMILES string of the molecule is Cc1nc([C@H]2OCC[C@H]2CNC(=O)C2(c3ccccc3C)CC2)n[nH]1. The van der Waals surface area contributed by atoms with Crippen LogP contribution >= 0.6 is 0 Å². The van der Waals surface area contributed by atoms with Crippen molar-refractivity contribution in [2.45, 2.75) is 44.6 Å². The predicted molar refractivity (Wildman–Crippen MR) is 93.0 cm³/mol. The van der Waals surface area contributed by atoms with Gasteiger partial charge in [0.05, 0.1) is 5.41 Å². The van der Waals surface area contributed by atoms with Crippen molar-refractivity contribution in [3.05, 3.63) is 47.0 Å². The lowest BCUT2D eigenvalue weighted by Gasteiger charge is -2.21. The smallest absolute Gasteiger partial charge is 0.230 e. The Morgan fingerprint density at radius 1 is 1.36 bits per heavy atom. The number of aryl methyl sites for hydroxylation is 2. The number of benzene rings is 1. The number of rotatable bonds is 5. The van der Waals surface area contributed by atoms with Gasteiger partial charge in [-0.25, -0.2) is 4.98 Å². The maximum atomic E-state index is 12.9. The van der Waals surface area contributed by atoms with Crippen molar-refractivity contribution < 1.29 is 9.53 Å². The summed E-state index contributed by atoms with van der Waals surface area (Å²) in [6, 6.07) is 8.20. The number of hydrogen-bond donors (Lipinski definition) is 2. The lowest BCUT2D eigenvalue weighted by Crippen LogP contribution is -2.38. The molecule has 2 atom stereocenters. The molecule has 25 heavy (non-hydrogen) atoms. The molecule has 1 saturated heterocycles. The third-order valence-corrected chi connectivity index (χ3v) is 5.45. The molecule has 1 amide bonds. The van der Waals surface area contributed by atoms with Gasteiger partial charge in [-0.05, 0) is 44.2 Å². The summed E-state index contributed by atoms with van der Waals surface area (Å²) < 4.78 is 5.81. The Morgan fingerprint density at radius 2 is 2.16 bits per heavy atom. The van der Waals surface area contributed by atoms with Gasteiger partial charge in [0, 0.05) is 19.1 Å². The first-order chi connectivity index (χ1) is 12.1. The molecule has 2 N–H and O–H groups in total. The molecule has 0 unspecified atom stereocenters. The van der Waals surface area contributed by atoms with Crippen molar-refractivity contribution in [2.75, 3.05) is 13.2 Å². The van der Waals surface area contributed by atoms with Crippen LogP contribution in [0, 0.1) is 19.8 Å². The van der Waals surface area contributed by atoms with Crippen molar-refractivity contribution in [1.29, 1.82) is 0 Å². The van der Waals surface area contributed by atoms with Crippen LogP contribution in [-0.2, 0) is 14.9 Å². The molecule has 1 saturated carbocycles. The Bertz CT molecular complexity index is 781. The third kappa shape index (κ3) is 2.95. The van der Waals surface area contributed by atoms with E-state index in [4.69, 9.17) is 4.74 Å². The van der Waals surface area contributed by atoms with Gasteiger partial charge in [0.2, 0.25) is 5.91 Å². The second-order valence-corrected chi connectivity index (χ2v) is 7.23. The molecule has 6 nitrogen and oxygen atoms in total. The van der Waals surface area contributed by atoms with Crippen LogP contribution < -0.4 is 5.32 Å². The molecule has 1 aliphatic carbocycles. The van der Waals surface area contributed by atoms with Gasteiger partial charge in [-0.15, -0.1) is 0 Å². The summed E-state index contributed by atoms with van der Waals surface area (Å²) in [5, 5.41) is 10.3. The Morgan fingerprint density at radius 3 is 2.84 bits per heavy atom. The quantitative estimate of drug-likeness (QED) is 0.875. The number of hydrogen-bond acceptors (Lipinski definition) is 4. The van der Waals surface area contributed by atoms with E-state index in [9.17, 15) is 4.79 Å². The standard InChI is InChI=1S/C19H24N4O2/c1-12-5-3-4-6-15(12)19(8-9-19)18(24)20-11-14-7-10-25-16(14)17-21-13(2)22-23-17/h3-6,14,16H,7-11H2,1-2H3,(H,20,24)(H,21,22,23)/t14-,16-/m0/s1. The number of aromatic amines is 1. The van der Waals surface area contributed by atoms with E-state index in [1.165, 1.54) is 5.56 Å². The average Bonchev–Trinajstić information content (AvgIpc) is 3.08. The molecule has 132 valence electrons. The topological polar surface area (TPSA) is 79.9 Å². The van der Waals surface area contributed by atoms with Crippen molar-refractivity contribution in [3.63, 3.8) is 0 Å². The second kappa shape index (κ2) is 6.26. The molecule has 1 aromatic carbocycles. The lowest BCUT2D eigenvalue weighted by molar-refractivity contribution is -0.123. The van der Waals surface area contributed by atoms with Crippen LogP contribution in [-0.4, -0.2) is 34.2 Å². The highest BCUT2D eigenvalue weighted by atomic mass is 16.5. The summed E-state index contributed by atoms with van der Waals surface area (Å²) in [4.78, 5) is 17.3. The molecule has 2 aromatic rings. The van der Waals surface area contributed by atoms with E-state index in [2.05, 4.69) is 39.6 Å². The number of amides is 1. The molecule has 2 fully saturated rings. The summed E-state index contributed by atoms with van der Waals surface area (Å²) in [5.74, 6) is 1.82. The number of nitrogens with one attached hydrogen (secondary N) is 2. The molecular weight excluding hydrogens is 316 g/mol. The summed E-state index contributed by atoms with van der Waals surface area (Å²) in [6.45, 7) is 5.24. The summed E-state index contributed by atoms with van der Waals surface area (Å²) in [6.07, 6.45) is 2.62. The molecule has 0 radical (unpaired) electrons. The van der Waals surface area contributed by atoms with Crippen LogP contribution in [0.3, 0.4) is 0 Å². The molecule has 1 aliphatic heterocycles. The number of H-pyrrole nitrogens is 1. The highest BCUT2D eigenvalue weighted by molar-refractivity contribution is 5.91. The zero-order chi connectivity index (χ0) is 17.4. The summed E-state index contributed by atoms with van der Waals surface area (Å²) in [5.41, 5.74) is 2.02. The van der Waals surface area contributed by atoms with Crippen LogP contribution in [0.25, 0.3) is 0 Å². The van der Waals surface area contributed by atoms with Gasteiger partial charge < -0.3 is 10.1 Å². The van der Waals surface area contributed by atoms with E-state index in [1.54, 1.807) is 0 Å². The van der Waals surface area contributed by atoms with Gasteiger partial charge in [-0.3, -0.25) is 9.89 Å². The van der Waals surface area contributed by atoms with Gasteiger partial charge in [-0.2, -0.15) is 5.10 Å². The van der Waals surface area contributed by atoms with Crippen LogP contribution in [0.2, 0.25) is 0 Å². The van der Waals surface area contributed by atoms with Gasteiger partial charge in [-0.1, -0.05) is 24.3 Å². The maximum absolute atomic E-state index is 12.9. The monoisotopic (exact) mass is 340 g/mol. The van der Waals surface area contributed by atoms with E-state index in [0.717, 1.165) is 30.7 Å². The van der Waals surface area contributed by atoms with E-state index >= 15 is 0 Å². The van der Waals surface area contributed by atoms with E-state index in [1.807, 2.05) is 19.1 Å². The minimum Gasteiger partial charge on any atom is -0.370 e. The van der Waals surface area contributed by atoms with Gasteiger partial charge in [0.15, 0.2) is 5.82 Å². The number of carbonyl (C=O) groups is 1. The fourth-order valence-electron chi connectivity index (χ4n) is 3.86. The fourth-order valence-corrected chi connectivity index (χ4v) is 3.86. The number of nitrogens with zero attached hydrogens (tertiary/aromatic N) is 2. The summed E-state index contributed by atoms with van der Waals surface area (Å²) >= 11 is 0. The molecule has 4 rings (SSSR count). The number of ether oxygens (including phenoxy) is 1. The Hall–Kier alpha value is -2.21. The second-order valence-electron chi connectivity index (χ2n) is 7.23. The summed E-state index contributed by atoms with van der Waals surface area (Å²) in [7, 11) is 0. The van der Waals surface area contributed by atoms with Crippen LogP contribution in [0.1, 0.15) is 48.1 Å². The van der Waals surface area contributed by atoms with Crippen molar-refractivity contribution >= 4 is 5.91 Å². The maximum Gasteiger partial charge on any atom is 0.230 e. The molecule has 6 heteroatoms. The zero-order valence-electron chi connectivity index (χ0n) is 14.7. The normalized spacial score (nSPS) is 24.2. The van der Waals surface area contributed by atoms with E-state index in [0.29, 0.717) is 19.0 Å². The predicted octanol–water partition coefficient (Wildman–Crippen LogP) is 2.35. The fraction of sp³-hybridized carbons (Fsp3) is 0.526. The van der Waals surface area contributed by atoms with Crippen LogP contribution in [0.5, 0.6) is 0 Å². The molecule has 1 aromatic heterocycles. The third-order valence-electron chi connectivity index (χ3n) is 5.45. The highest BCUT2D eigenvalue weighted by Crippen LogP contribution is 2.49. The van der Waals surface area contributed by atoms with Gasteiger partial charge >= 0.3 is 0 Å². The van der Waals surface area contributed by atoms with E-state index < -0.39 is 0 Å². The van der Waals surface area contributed by atoms with Crippen LogP contribution in [0.4, 0.5) is 0 Å². The van der Waals surface area contributed by atoms with Crippen molar-refractivity contribution in [2.24, 2.45) is 5.92 Å². The molecule has 2 heterocycles. The molecule has 2 aliphatic rings. The minimum atomic E-state index is -0.332. The van der Waals surface area contributed by atoms with Crippen molar-refractivity contribution in [3.8, 4) is 0 Å². The average molecular weight is 340 g/mol. The number of aromatic nitrogens is 3. The minimum absolute atomic E-state index is 0.138. The van der Waals surface area contributed by atoms with Gasteiger partial charge in [0.1, 0.15) is 11.9 Å². The molecule has 0 bridgehead atoms. The Kier molecular flexibility index (Phi) is 4.07. The molecule has 0 spiro atoms. The Balaban J connectivity index is 1.43. The first-order valence-electron chi connectivity index (χ1n) is 8.95. The first kappa shape index (κ1) is 16.3. The molecular formula is C19H24N4O2. The van der Waals surface area contributed by atoms with Crippen molar-refractivity contribution in [1.82, 2.24) is 20.5 Å². The van der Waals surface area contributed by atoms with E-state index in [-0.39, 0.29) is 23.3 Å². The lowest BCUT2D eigenvalue weighted by atomic mass is 9.90. The number of carbonyl (C=O) groups excluding carboxylic acids is 1. The Labute approximate surface area is 147 Å². The zero-order valence-corrected chi connectivity index (χ0v) is 14.7.